The van der Waals surface area contributed by atoms with Crippen molar-refractivity contribution in [1.82, 2.24) is 0 Å². The first kappa shape index (κ1) is 12.3. The normalized spacial score (nSPS) is 23.1. The van der Waals surface area contributed by atoms with Crippen LogP contribution >= 0.6 is 0 Å². The third-order valence-electron chi connectivity index (χ3n) is 3.87. The number of ketones is 1. The Balaban J connectivity index is 1.70. The summed E-state index contributed by atoms with van der Waals surface area (Å²) >= 11 is 0. The Labute approximate surface area is 122 Å². The summed E-state index contributed by atoms with van der Waals surface area (Å²) in [5.41, 5.74) is 0.877. The Morgan fingerprint density at radius 1 is 0.857 bits per heavy atom. The van der Waals surface area contributed by atoms with Gasteiger partial charge in [0.25, 0.3) is 0 Å². The van der Waals surface area contributed by atoms with Crippen LogP contribution in [0.25, 0.3) is 0 Å². The van der Waals surface area contributed by atoms with Gasteiger partial charge in [-0.3, -0.25) is 4.79 Å². The van der Waals surface area contributed by atoms with Crippen LogP contribution in [0, 0.1) is 0 Å². The van der Waals surface area contributed by atoms with Gasteiger partial charge in [0, 0.05) is 5.56 Å². The summed E-state index contributed by atoms with van der Waals surface area (Å²) in [6.45, 7) is 0.449. The second-order valence-electron chi connectivity index (χ2n) is 5.18. The number of para-hydroxylation sites is 3. The molecule has 0 radical (unpaired) electrons. The number of rotatable bonds is 1. The Bertz CT molecular complexity index is 695. The molecule has 0 aliphatic carbocycles. The van der Waals surface area contributed by atoms with Crippen molar-refractivity contribution in [2.75, 3.05) is 13.2 Å². The Morgan fingerprint density at radius 3 is 2.43 bits per heavy atom. The van der Waals surface area contributed by atoms with Crippen molar-refractivity contribution in [3.8, 4) is 17.2 Å². The van der Waals surface area contributed by atoms with E-state index in [9.17, 15) is 4.79 Å². The van der Waals surface area contributed by atoms with Crippen molar-refractivity contribution < 1.29 is 19.0 Å². The SMILES string of the molecule is O=C1COc2ccccc2C1C1COc2ccccc2O1. The van der Waals surface area contributed by atoms with Crippen molar-refractivity contribution >= 4 is 5.78 Å². The molecular weight excluding hydrogens is 268 g/mol. The molecule has 0 N–H and O–H groups in total. The molecule has 2 atom stereocenters. The highest BCUT2D eigenvalue weighted by atomic mass is 16.6. The maximum Gasteiger partial charge on any atom is 0.181 e. The van der Waals surface area contributed by atoms with Gasteiger partial charge in [-0.15, -0.1) is 0 Å². The summed E-state index contributed by atoms with van der Waals surface area (Å²) in [5, 5.41) is 0. The molecule has 4 rings (SSSR count). The van der Waals surface area contributed by atoms with Gasteiger partial charge in [0.15, 0.2) is 17.3 Å². The van der Waals surface area contributed by atoms with E-state index < -0.39 is 0 Å². The highest BCUT2D eigenvalue weighted by Crippen LogP contribution is 2.39. The van der Waals surface area contributed by atoms with Gasteiger partial charge < -0.3 is 14.2 Å². The lowest BCUT2D eigenvalue weighted by molar-refractivity contribution is -0.126. The van der Waals surface area contributed by atoms with Gasteiger partial charge in [0.1, 0.15) is 25.1 Å². The van der Waals surface area contributed by atoms with Crippen molar-refractivity contribution in [1.29, 1.82) is 0 Å². The van der Waals surface area contributed by atoms with Crippen molar-refractivity contribution in [2.24, 2.45) is 0 Å². The molecule has 0 aromatic heterocycles. The minimum absolute atomic E-state index is 0.0293. The standard InChI is InChI=1S/C17H14O4/c18-12-9-19-13-6-2-1-5-11(13)17(12)16-10-20-14-7-3-4-8-15(14)21-16/h1-8,16-17H,9-10H2. The van der Waals surface area contributed by atoms with E-state index >= 15 is 0 Å². The number of ether oxygens (including phenoxy) is 3. The zero-order valence-corrected chi connectivity index (χ0v) is 11.3. The lowest BCUT2D eigenvalue weighted by Crippen LogP contribution is -2.42. The topological polar surface area (TPSA) is 44.8 Å². The molecule has 2 aromatic rings. The van der Waals surface area contributed by atoms with Crippen LogP contribution in [0.1, 0.15) is 11.5 Å². The van der Waals surface area contributed by atoms with E-state index in [0.717, 1.165) is 17.1 Å². The van der Waals surface area contributed by atoms with Crippen LogP contribution in [0.15, 0.2) is 48.5 Å². The van der Waals surface area contributed by atoms with E-state index in [1.165, 1.54) is 0 Å². The van der Waals surface area contributed by atoms with E-state index in [-0.39, 0.29) is 24.4 Å². The summed E-state index contributed by atoms with van der Waals surface area (Å²) < 4.78 is 17.2. The molecule has 0 fully saturated rings. The number of fused-ring (bicyclic) bond motifs is 2. The number of hydrogen-bond donors (Lipinski definition) is 0. The molecule has 0 spiro atoms. The molecule has 106 valence electrons. The van der Waals surface area contributed by atoms with Crippen molar-refractivity contribution in [3.63, 3.8) is 0 Å². The van der Waals surface area contributed by atoms with Gasteiger partial charge in [-0.25, -0.2) is 0 Å². The zero-order chi connectivity index (χ0) is 14.2. The molecule has 0 saturated carbocycles. The summed E-state index contributed by atoms with van der Waals surface area (Å²) in [6, 6.07) is 15.1. The minimum Gasteiger partial charge on any atom is -0.486 e. The molecule has 21 heavy (non-hydrogen) atoms. The van der Waals surface area contributed by atoms with E-state index in [4.69, 9.17) is 14.2 Å². The molecule has 2 heterocycles. The number of benzene rings is 2. The van der Waals surface area contributed by atoms with Gasteiger partial charge in [-0.05, 0) is 18.2 Å². The van der Waals surface area contributed by atoms with Gasteiger partial charge in [0.2, 0.25) is 0 Å². The monoisotopic (exact) mass is 282 g/mol. The van der Waals surface area contributed by atoms with Gasteiger partial charge in [-0.2, -0.15) is 0 Å². The predicted molar refractivity (Wildman–Crippen MR) is 76.0 cm³/mol. The lowest BCUT2D eigenvalue weighted by Gasteiger charge is -2.34. The summed E-state index contributed by atoms with van der Waals surface area (Å²) in [5.74, 6) is 1.85. The lowest BCUT2D eigenvalue weighted by atomic mass is 9.87. The van der Waals surface area contributed by atoms with E-state index in [1.807, 2.05) is 48.5 Å². The third-order valence-corrected chi connectivity index (χ3v) is 3.87. The van der Waals surface area contributed by atoms with Crippen LogP contribution in [-0.2, 0) is 4.79 Å². The van der Waals surface area contributed by atoms with Crippen LogP contribution in [0.3, 0.4) is 0 Å². The smallest absolute Gasteiger partial charge is 0.181 e. The summed E-state index contributed by atoms with van der Waals surface area (Å²) in [6.07, 6.45) is -0.322. The second-order valence-corrected chi connectivity index (χ2v) is 5.18. The number of hydrogen-bond acceptors (Lipinski definition) is 4. The van der Waals surface area contributed by atoms with E-state index in [2.05, 4.69) is 0 Å². The minimum atomic E-state index is -0.344. The maximum atomic E-state index is 12.3. The molecule has 2 aliphatic rings. The summed E-state index contributed by atoms with van der Waals surface area (Å²) in [7, 11) is 0. The van der Waals surface area contributed by atoms with Gasteiger partial charge >= 0.3 is 0 Å². The van der Waals surface area contributed by atoms with Crippen LogP contribution in [0.5, 0.6) is 17.2 Å². The van der Waals surface area contributed by atoms with E-state index in [0.29, 0.717) is 12.4 Å². The van der Waals surface area contributed by atoms with E-state index in [1.54, 1.807) is 0 Å². The molecule has 4 nitrogen and oxygen atoms in total. The fourth-order valence-electron chi connectivity index (χ4n) is 2.89. The Morgan fingerprint density at radius 2 is 1.57 bits per heavy atom. The van der Waals surface area contributed by atoms with Gasteiger partial charge in [0.05, 0.1) is 5.92 Å². The van der Waals surface area contributed by atoms with Gasteiger partial charge in [-0.1, -0.05) is 30.3 Å². The largest absolute Gasteiger partial charge is 0.486 e. The molecule has 2 aliphatic heterocycles. The van der Waals surface area contributed by atoms with Crippen LogP contribution < -0.4 is 14.2 Å². The summed E-state index contributed by atoms with van der Waals surface area (Å²) in [4.78, 5) is 12.3. The Kier molecular flexibility index (Phi) is 2.81. The fraction of sp³-hybridized carbons (Fsp3) is 0.235. The first-order valence-electron chi connectivity index (χ1n) is 6.96. The molecular formula is C17H14O4. The highest BCUT2D eigenvalue weighted by molar-refractivity contribution is 5.90. The quantitative estimate of drug-likeness (QED) is 0.806. The maximum absolute atomic E-state index is 12.3. The second kappa shape index (κ2) is 4.81. The third kappa shape index (κ3) is 2.03. The average Bonchev–Trinajstić information content (AvgIpc) is 2.54. The van der Waals surface area contributed by atoms with Crippen LogP contribution in [0.2, 0.25) is 0 Å². The number of carbonyl (C=O) groups excluding carboxylic acids is 1. The number of carbonyl (C=O) groups is 1. The molecule has 0 amide bonds. The number of Topliss-reactive ketones (excluding diaryl/α,β-unsaturated/α-hetero) is 1. The molecule has 0 bridgehead atoms. The first-order chi connectivity index (χ1) is 10.3. The van der Waals surface area contributed by atoms with Crippen LogP contribution in [0.4, 0.5) is 0 Å². The fourth-order valence-corrected chi connectivity index (χ4v) is 2.89. The average molecular weight is 282 g/mol. The van der Waals surface area contributed by atoms with Crippen molar-refractivity contribution in [2.45, 2.75) is 12.0 Å². The zero-order valence-electron chi connectivity index (χ0n) is 11.3. The van der Waals surface area contributed by atoms with Crippen LogP contribution in [-0.4, -0.2) is 25.1 Å². The molecule has 4 heteroatoms. The predicted octanol–water partition coefficient (Wildman–Crippen LogP) is 2.57. The first-order valence-corrected chi connectivity index (χ1v) is 6.96. The Hall–Kier alpha value is -2.49. The molecule has 2 unspecified atom stereocenters. The van der Waals surface area contributed by atoms with Crippen molar-refractivity contribution in [3.05, 3.63) is 54.1 Å². The molecule has 0 saturated heterocycles. The molecule has 2 aromatic carbocycles. The highest BCUT2D eigenvalue weighted by Gasteiger charge is 2.39.